The van der Waals surface area contributed by atoms with Gasteiger partial charge in [-0.05, 0) is 51.8 Å². The molecule has 1 aromatic heterocycles. The fourth-order valence-electron chi connectivity index (χ4n) is 1.92. The van der Waals surface area contributed by atoms with Crippen molar-refractivity contribution in [1.29, 1.82) is 0 Å². The van der Waals surface area contributed by atoms with Gasteiger partial charge in [-0.2, -0.15) is 0 Å². The molecule has 0 saturated heterocycles. The first-order valence-corrected chi connectivity index (χ1v) is 5.76. The highest BCUT2D eigenvalue weighted by Crippen LogP contribution is 2.07. The molecule has 0 bridgehead atoms. The molecule has 16 heavy (non-hydrogen) atoms. The molecule has 0 aliphatic heterocycles. The van der Waals surface area contributed by atoms with Crippen LogP contribution in [0.3, 0.4) is 0 Å². The maximum absolute atomic E-state index is 4.03. The lowest BCUT2D eigenvalue weighted by molar-refractivity contribution is 0.177. The van der Waals surface area contributed by atoms with Gasteiger partial charge in [0.15, 0.2) is 0 Å². The summed E-state index contributed by atoms with van der Waals surface area (Å²) in [5, 5.41) is 0. The van der Waals surface area contributed by atoms with Gasteiger partial charge in [0, 0.05) is 31.0 Å². The first kappa shape index (κ1) is 15.4. The molecular weight excluding hydrogens is 220 g/mol. The van der Waals surface area contributed by atoms with Crippen molar-refractivity contribution >= 4 is 12.4 Å². The molecule has 3 heteroatoms. The average molecular weight is 243 g/mol. The summed E-state index contributed by atoms with van der Waals surface area (Å²) in [4.78, 5) is 6.54. The summed E-state index contributed by atoms with van der Waals surface area (Å²) in [7, 11) is 0. The third-order valence-corrected chi connectivity index (χ3v) is 2.73. The van der Waals surface area contributed by atoms with E-state index in [0.717, 1.165) is 13.0 Å². The molecule has 0 saturated carbocycles. The van der Waals surface area contributed by atoms with Gasteiger partial charge in [0.1, 0.15) is 0 Å². The van der Waals surface area contributed by atoms with Crippen molar-refractivity contribution in [1.82, 2.24) is 9.88 Å². The maximum atomic E-state index is 4.03. The minimum absolute atomic E-state index is 0. The minimum atomic E-state index is 0. The second kappa shape index (κ2) is 7.64. The molecule has 0 radical (unpaired) electrons. The molecule has 0 fully saturated rings. The second-order valence-electron chi connectivity index (χ2n) is 4.53. The van der Waals surface area contributed by atoms with E-state index >= 15 is 0 Å². The molecule has 1 aromatic rings. The molecule has 0 aliphatic carbocycles. The third kappa shape index (κ3) is 4.95. The molecule has 2 nitrogen and oxygen atoms in total. The van der Waals surface area contributed by atoms with E-state index in [4.69, 9.17) is 0 Å². The zero-order valence-electron chi connectivity index (χ0n) is 10.7. The highest BCUT2D eigenvalue weighted by atomic mass is 35.5. The number of hydrogen-bond acceptors (Lipinski definition) is 2. The Labute approximate surface area is 105 Å². The molecule has 0 aromatic carbocycles. The molecule has 92 valence electrons. The molecule has 0 aliphatic rings. The van der Waals surface area contributed by atoms with Crippen LogP contribution in [0, 0.1) is 0 Å². The lowest BCUT2D eigenvalue weighted by Crippen LogP contribution is -2.38. The zero-order valence-corrected chi connectivity index (χ0v) is 11.5. The Morgan fingerprint density at radius 1 is 1.06 bits per heavy atom. The minimum Gasteiger partial charge on any atom is -0.298 e. The van der Waals surface area contributed by atoms with Gasteiger partial charge < -0.3 is 0 Å². The van der Waals surface area contributed by atoms with Gasteiger partial charge in [0.25, 0.3) is 0 Å². The smallest absolute Gasteiger partial charge is 0.0270 e. The van der Waals surface area contributed by atoms with Gasteiger partial charge in [0.05, 0.1) is 0 Å². The van der Waals surface area contributed by atoms with E-state index in [1.165, 1.54) is 5.56 Å². The van der Waals surface area contributed by atoms with E-state index in [2.05, 4.69) is 49.7 Å². The number of pyridine rings is 1. The van der Waals surface area contributed by atoms with Crippen LogP contribution in [0.4, 0.5) is 0 Å². The predicted octanol–water partition coefficient (Wildman–Crippen LogP) is 3.16. The van der Waals surface area contributed by atoms with Gasteiger partial charge >= 0.3 is 0 Å². The Morgan fingerprint density at radius 2 is 1.56 bits per heavy atom. The predicted molar refractivity (Wildman–Crippen MR) is 72.2 cm³/mol. The Balaban J connectivity index is 0.00000225. The lowest BCUT2D eigenvalue weighted by Gasteiger charge is -2.30. The number of rotatable bonds is 5. The van der Waals surface area contributed by atoms with Crippen LogP contribution in [0.25, 0.3) is 0 Å². The molecular formula is C13H23ClN2. The summed E-state index contributed by atoms with van der Waals surface area (Å²) < 4.78 is 0. The van der Waals surface area contributed by atoms with E-state index in [0.29, 0.717) is 12.1 Å². The van der Waals surface area contributed by atoms with E-state index in [1.807, 2.05) is 12.4 Å². The van der Waals surface area contributed by atoms with E-state index < -0.39 is 0 Å². The van der Waals surface area contributed by atoms with Gasteiger partial charge in [-0.25, -0.2) is 0 Å². The van der Waals surface area contributed by atoms with Gasteiger partial charge in [0.2, 0.25) is 0 Å². The SMILES string of the molecule is CC(C)N(CCc1ccncc1)C(C)C.Cl. The molecule has 1 rings (SSSR count). The fraction of sp³-hybridized carbons (Fsp3) is 0.615. The Kier molecular flexibility index (Phi) is 7.35. The molecule has 0 spiro atoms. The zero-order chi connectivity index (χ0) is 11.3. The fourth-order valence-corrected chi connectivity index (χ4v) is 1.92. The van der Waals surface area contributed by atoms with E-state index in [9.17, 15) is 0 Å². The van der Waals surface area contributed by atoms with Crippen molar-refractivity contribution in [2.24, 2.45) is 0 Å². The third-order valence-electron chi connectivity index (χ3n) is 2.73. The number of hydrogen-bond donors (Lipinski definition) is 0. The second-order valence-corrected chi connectivity index (χ2v) is 4.53. The van der Waals surface area contributed by atoms with Crippen LogP contribution in [0.15, 0.2) is 24.5 Å². The summed E-state index contributed by atoms with van der Waals surface area (Å²) in [6, 6.07) is 5.43. The Morgan fingerprint density at radius 3 is 2.00 bits per heavy atom. The topological polar surface area (TPSA) is 16.1 Å². The maximum Gasteiger partial charge on any atom is 0.0270 e. The van der Waals surface area contributed by atoms with Crippen molar-refractivity contribution in [3.05, 3.63) is 30.1 Å². The molecule has 0 amide bonds. The van der Waals surface area contributed by atoms with Crippen LogP contribution in [0.1, 0.15) is 33.3 Å². The van der Waals surface area contributed by atoms with Crippen molar-refractivity contribution in [2.75, 3.05) is 6.54 Å². The Bertz CT molecular complexity index is 265. The summed E-state index contributed by atoms with van der Waals surface area (Å²) in [6.07, 6.45) is 4.84. The lowest BCUT2D eigenvalue weighted by atomic mass is 10.1. The van der Waals surface area contributed by atoms with Crippen LogP contribution >= 0.6 is 12.4 Å². The summed E-state index contributed by atoms with van der Waals surface area (Å²) in [6.45, 7) is 10.2. The number of aromatic nitrogens is 1. The first-order chi connectivity index (χ1) is 7.11. The number of nitrogens with zero attached hydrogens (tertiary/aromatic N) is 2. The average Bonchev–Trinajstić information content (AvgIpc) is 2.18. The summed E-state index contributed by atoms with van der Waals surface area (Å²) in [5.41, 5.74) is 1.37. The van der Waals surface area contributed by atoms with Crippen LogP contribution in [-0.4, -0.2) is 28.5 Å². The normalized spacial score (nSPS) is 10.9. The van der Waals surface area contributed by atoms with Crippen molar-refractivity contribution < 1.29 is 0 Å². The molecule has 0 unspecified atom stereocenters. The molecule has 1 heterocycles. The molecule has 0 atom stereocenters. The van der Waals surface area contributed by atoms with Crippen LogP contribution in [-0.2, 0) is 6.42 Å². The quantitative estimate of drug-likeness (QED) is 0.789. The Hall–Kier alpha value is -0.600. The number of halogens is 1. The highest BCUT2D eigenvalue weighted by molar-refractivity contribution is 5.85. The van der Waals surface area contributed by atoms with Crippen molar-refractivity contribution in [3.8, 4) is 0 Å². The van der Waals surface area contributed by atoms with Crippen molar-refractivity contribution in [3.63, 3.8) is 0 Å². The van der Waals surface area contributed by atoms with E-state index in [1.54, 1.807) is 0 Å². The summed E-state index contributed by atoms with van der Waals surface area (Å²) >= 11 is 0. The van der Waals surface area contributed by atoms with Gasteiger partial charge in [-0.1, -0.05) is 0 Å². The monoisotopic (exact) mass is 242 g/mol. The summed E-state index contributed by atoms with van der Waals surface area (Å²) in [5.74, 6) is 0. The molecule has 0 N–H and O–H groups in total. The first-order valence-electron chi connectivity index (χ1n) is 5.76. The van der Waals surface area contributed by atoms with Gasteiger partial charge in [-0.3, -0.25) is 9.88 Å². The van der Waals surface area contributed by atoms with Crippen LogP contribution < -0.4 is 0 Å². The van der Waals surface area contributed by atoms with Gasteiger partial charge in [-0.15, -0.1) is 12.4 Å². The largest absolute Gasteiger partial charge is 0.298 e. The van der Waals surface area contributed by atoms with Crippen molar-refractivity contribution in [2.45, 2.75) is 46.2 Å². The van der Waals surface area contributed by atoms with Crippen LogP contribution in [0.5, 0.6) is 0 Å². The highest BCUT2D eigenvalue weighted by Gasteiger charge is 2.12. The van der Waals surface area contributed by atoms with Crippen LogP contribution in [0.2, 0.25) is 0 Å². The van der Waals surface area contributed by atoms with E-state index in [-0.39, 0.29) is 12.4 Å². The standard InChI is InChI=1S/C13H22N2.ClH/c1-11(2)15(12(3)4)10-7-13-5-8-14-9-6-13;/h5-6,8-9,11-12H,7,10H2,1-4H3;1H.